The number of benzene rings is 2. The summed E-state index contributed by atoms with van der Waals surface area (Å²) in [6.07, 6.45) is 0. The Kier molecular flexibility index (Phi) is 3.88. The molecule has 2 aromatic heterocycles. The molecular weight excluding hydrogens is 442 g/mol. The van der Waals surface area contributed by atoms with Crippen LogP contribution in [0.3, 0.4) is 0 Å². The largest absolute Gasteiger partial charge is 0.454 e. The molecule has 1 aliphatic heterocycles. The predicted molar refractivity (Wildman–Crippen MR) is 107 cm³/mol. The molecule has 0 radical (unpaired) electrons. The van der Waals surface area contributed by atoms with E-state index in [0.29, 0.717) is 22.7 Å². The van der Waals surface area contributed by atoms with E-state index in [4.69, 9.17) is 15.2 Å². The Morgan fingerprint density at radius 1 is 1.14 bits per heavy atom. The Hall–Kier alpha value is -3.66. The van der Waals surface area contributed by atoms with Crippen LogP contribution in [0.15, 0.2) is 51.7 Å². The number of rotatable bonds is 3. The maximum atomic E-state index is 12.7. The summed E-state index contributed by atoms with van der Waals surface area (Å²) in [4.78, 5) is 36.2. The van der Waals surface area contributed by atoms with Crippen LogP contribution in [-0.2, 0) is 0 Å². The molecule has 5 rings (SSSR count). The number of ether oxygens (including phenoxy) is 2. The fourth-order valence-electron chi connectivity index (χ4n) is 3.18. The van der Waals surface area contributed by atoms with Crippen LogP contribution in [0.25, 0.3) is 28.2 Å². The zero-order valence-electron chi connectivity index (χ0n) is 14.7. The number of halogens is 1. The van der Waals surface area contributed by atoms with E-state index in [2.05, 4.69) is 30.9 Å². The summed E-state index contributed by atoms with van der Waals surface area (Å²) < 4.78 is 12.9. The van der Waals surface area contributed by atoms with E-state index < -0.39 is 11.6 Å². The number of aromatic nitrogens is 4. The lowest BCUT2D eigenvalue weighted by molar-refractivity contribution is 0.0997. The number of hydrogen-bond donors (Lipinski definition) is 2. The van der Waals surface area contributed by atoms with Crippen molar-refractivity contribution in [3.8, 4) is 28.6 Å². The van der Waals surface area contributed by atoms with Gasteiger partial charge in [-0.15, -0.1) is 0 Å². The van der Waals surface area contributed by atoms with Gasteiger partial charge in [-0.25, -0.2) is 19.3 Å². The van der Waals surface area contributed by atoms with Crippen LogP contribution in [0.1, 0.15) is 10.5 Å². The van der Waals surface area contributed by atoms with E-state index in [0.717, 1.165) is 4.47 Å². The van der Waals surface area contributed by atoms with Crippen LogP contribution in [0.5, 0.6) is 11.5 Å². The molecule has 0 spiro atoms. The van der Waals surface area contributed by atoms with Crippen molar-refractivity contribution in [3.63, 3.8) is 0 Å². The molecule has 1 aliphatic rings. The van der Waals surface area contributed by atoms with E-state index in [1.54, 1.807) is 24.3 Å². The summed E-state index contributed by atoms with van der Waals surface area (Å²) in [7, 11) is 0. The van der Waals surface area contributed by atoms with E-state index >= 15 is 0 Å². The maximum Gasteiger partial charge on any atom is 0.332 e. The number of fused-ring (bicyclic) bond motifs is 2. The number of nitrogens with two attached hydrogens (primary N) is 1. The molecule has 0 fully saturated rings. The molecule has 29 heavy (non-hydrogen) atoms. The SMILES string of the molecule is NC(=O)c1nc(-c2cccc(Br)c2)nc2c1[nH]c(=O)n2-c1ccc2c(c1)OCO2. The minimum Gasteiger partial charge on any atom is -0.454 e. The summed E-state index contributed by atoms with van der Waals surface area (Å²) in [5, 5.41) is 0. The summed E-state index contributed by atoms with van der Waals surface area (Å²) in [5.74, 6) is 0.595. The van der Waals surface area contributed by atoms with E-state index in [9.17, 15) is 9.59 Å². The fourth-order valence-corrected chi connectivity index (χ4v) is 3.58. The number of hydrogen-bond acceptors (Lipinski definition) is 6. The molecule has 1 amide bonds. The second-order valence-corrected chi connectivity index (χ2v) is 7.19. The van der Waals surface area contributed by atoms with Crippen molar-refractivity contribution in [1.29, 1.82) is 0 Å². The molecule has 0 aliphatic carbocycles. The minimum atomic E-state index is -0.771. The molecule has 144 valence electrons. The Morgan fingerprint density at radius 3 is 2.76 bits per heavy atom. The zero-order valence-corrected chi connectivity index (χ0v) is 16.3. The molecule has 9 nitrogen and oxygen atoms in total. The molecule has 3 N–H and O–H groups in total. The van der Waals surface area contributed by atoms with Crippen molar-refractivity contribution < 1.29 is 14.3 Å². The molecule has 0 atom stereocenters. The quantitative estimate of drug-likeness (QED) is 0.490. The van der Waals surface area contributed by atoms with E-state index in [-0.39, 0.29) is 29.5 Å². The van der Waals surface area contributed by atoms with Gasteiger partial charge in [0, 0.05) is 16.1 Å². The number of carbonyl (C=O) groups excluding carboxylic acids is 1. The summed E-state index contributed by atoms with van der Waals surface area (Å²) in [6, 6.07) is 12.4. The normalized spacial score (nSPS) is 12.4. The number of nitrogens with zero attached hydrogens (tertiary/aromatic N) is 3. The van der Waals surface area contributed by atoms with Crippen molar-refractivity contribution in [2.24, 2.45) is 5.73 Å². The lowest BCUT2D eigenvalue weighted by Crippen LogP contribution is -2.15. The number of aromatic amines is 1. The monoisotopic (exact) mass is 453 g/mol. The van der Waals surface area contributed by atoms with E-state index in [1.165, 1.54) is 4.57 Å². The van der Waals surface area contributed by atoms with Crippen molar-refractivity contribution in [2.75, 3.05) is 6.79 Å². The van der Waals surface area contributed by atoms with Gasteiger partial charge in [0.1, 0.15) is 5.52 Å². The summed E-state index contributed by atoms with van der Waals surface area (Å²) in [5.41, 5.74) is 6.53. The lowest BCUT2D eigenvalue weighted by atomic mass is 10.2. The average Bonchev–Trinajstić information content (AvgIpc) is 3.29. The number of amides is 1. The number of H-pyrrole nitrogens is 1. The van der Waals surface area contributed by atoms with E-state index in [1.807, 2.05) is 18.2 Å². The Bertz CT molecular complexity index is 1360. The maximum absolute atomic E-state index is 12.7. The van der Waals surface area contributed by atoms with Gasteiger partial charge in [0.15, 0.2) is 28.7 Å². The molecular formula is C19H12BrN5O4. The van der Waals surface area contributed by atoms with Crippen molar-refractivity contribution in [3.05, 3.63) is 63.1 Å². The van der Waals surface area contributed by atoms with Crippen LogP contribution in [0.2, 0.25) is 0 Å². The van der Waals surface area contributed by atoms with Crippen LogP contribution >= 0.6 is 15.9 Å². The topological polar surface area (TPSA) is 125 Å². The molecule has 0 saturated carbocycles. The summed E-state index contributed by atoms with van der Waals surface area (Å²) in [6.45, 7) is 0.114. The van der Waals surface area contributed by atoms with Crippen LogP contribution in [-0.4, -0.2) is 32.2 Å². The first-order valence-electron chi connectivity index (χ1n) is 8.50. The highest BCUT2D eigenvalue weighted by atomic mass is 79.9. The van der Waals surface area contributed by atoms with Gasteiger partial charge in [-0.3, -0.25) is 4.79 Å². The standard InChI is InChI=1S/C19H12BrN5O4/c20-10-3-1-2-9(6-10)17-22-14(16(21)26)15-18(24-17)25(19(27)23-15)11-4-5-12-13(7-11)29-8-28-12/h1-7H,8H2,(H2,21,26)(H,23,27). The minimum absolute atomic E-state index is 0.0680. The fraction of sp³-hybridized carbons (Fsp3) is 0.0526. The van der Waals surface area contributed by atoms with Crippen LogP contribution < -0.4 is 20.9 Å². The second-order valence-electron chi connectivity index (χ2n) is 6.27. The Morgan fingerprint density at radius 2 is 1.97 bits per heavy atom. The van der Waals surface area contributed by atoms with Gasteiger partial charge in [0.25, 0.3) is 5.91 Å². The number of primary amides is 1. The molecule has 0 saturated heterocycles. The van der Waals surface area contributed by atoms with Gasteiger partial charge in [-0.1, -0.05) is 28.1 Å². The molecule has 2 aromatic carbocycles. The first-order chi connectivity index (χ1) is 14.0. The van der Waals surface area contributed by atoms with Gasteiger partial charge in [-0.2, -0.15) is 0 Å². The number of imidazole rings is 1. The van der Waals surface area contributed by atoms with Gasteiger partial charge < -0.3 is 20.2 Å². The zero-order chi connectivity index (χ0) is 20.1. The van der Waals surface area contributed by atoms with Crippen molar-refractivity contribution in [1.82, 2.24) is 19.5 Å². The van der Waals surface area contributed by atoms with Crippen molar-refractivity contribution >= 4 is 33.0 Å². The molecule has 10 heteroatoms. The Labute approximate surface area is 171 Å². The van der Waals surface area contributed by atoms with Gasteiger partial charge >= 0.3 is 5.69 Å². The van der Waals surface area contributed by atoms with Gasteiger partial charge in [-0.05, 0) is 24.3 Å². The average molecular weight is 454 g/mol. The highest BCUT2D eigenvalue weighted by molar-refractivity contribution is 9.10. The Balaban J connectivity index is 1.80. The third-order valence-corrected chi connectivity index (χ3v) is 4.96. The lowest BCUT2D eigenvalue weighted by Gasteiger charge is -2.07. The molecule has 4 aromatic rings. The first-order valence-corrected chi connectivity index (χ1v) is 9.29. The first kappa shape index (κ1) is 17.4. The number of nitrogens with one attached hydrogen (secondary N) is 1. The highest BCUT2D eigenvalue weighted by Gasteiger charge is 2.22. The predicted octanol–water partition coefficient (Wildman–Crippen LogP) is 2.37. The van der Waals surface area contributed by atoms with Crippen LogP contribution in [0, 0.1) is 0 Å². The van der Waals surface area contributed by atoms with Gasteiger partial charge in [0.2, 0.25) is 6.79 Å². The van der Waals surface area contributed by atoms with Crippen molar-refractivity contribution in [2.45, 2.75) is 0 Å². The van der Waals surface area contributed by atoms with Crippen LogP contribution in [0.4, 0.5) is 0 Å². The smallest absolute Gasteiger partial charge is 0.332 e. The number of carbonyl (C=O) groups is 1. The highest BCUT2D eigenvalue weighted by Crippen LogP contribution is 2.34. The second kappa shape index (κ2) is 6.45. The molecule has 0 bridgehead atoms. The summed E-state index contributed by atoms with van der Waals surface area (Å²) >= 11 is 3.41. The third-order valence-electron chi connectivity index (χ3n) is 4.47. The molecule has 0 unspecified atom stereocenters. The third kappa shape index (κ3) is 2.85. The molecule has 3 heterocycles. The van der Waals surface area contributed by atoms with Gasteiger partial charge in [0.05, 0.1) is 5.69 Å².